The van der Waals surface area contributed by atoms with E-state index in [1.807, 2.05) is 12.1 Å². The zero-order chi connectivity index (χ0) is 14.3. The highest BCUT2D eigenvalue weighted by Gasteiger charge is 2.19. The van der Waals surface area contributed by atoms with Gasteiger partial charge in [-0.2, -0.15) is 0 Å². The van der Waals surface area contributed by atoms with Gasteiger partial charge in [-0.05, 0) is 37.7 Å². The summed E-state index contributed by atoms with van der Waals surface area (Å²) in [5, 5.41) is 3.45. The molecule has 1 aliphatic heterocycles. The van der Waals surface area contributed by atoms with Gasteiger partial charge in [0.25, 0.3) is 0 Å². The van der Waals surface area contributed by atoms with E-state index in [4.69, 9.17) is 0 Å². The number of rotatable bonds is 2. The third kappa shape index (κ3) is 6.56. The Balaban J connectivity index is 0.000000191. The Morgan fingerprint density at radius 2 is 2.11 bits per heavy atom. The van der Waals surface area contributed by atoms with Crippen molar-refractivity contribution < 1.29 is 0 Å². The lowest BCUT2D eigenvalue weighted by atomic mass is 10.2. The van der Waals surface area contributed by atoms with E-state index in [2.05, 4.69) is 67.3 Å². The minimum Gasteiger partial charge on any atom is -0.311 e. The second-order valence-corrected chi connectivity index (χ2v) is 6.28. The molecule has 108 valence electrons. The van der Waals surface area contributed by atoms with Crippen molar-refractivity contribution in [2.75, 3.05) is 19.4 Å². The summed E-state index contributed by atoms with van der Waals surface area (Å²) in [7, 11) is 5.47. The molecular weight excluding hydrogens is 290 g/mol. The molecule has 2 rings (SSSR count). The molecule has 0 aliphatic carbocycles. The van der Waals surface area contributed by atoms with Crippen LogP contribution in [0.4, 0.5) is 0 Å². The van der Waals surface area contributed by atoms with Gasteiger partial charge < -0.3 is 5.32 Å². The van der Waals surface area contributed by atoms with Crippen LogP contribution in [0.3, 0.4) is 0 Å². The Morgan fingerprint density at radius 1 is 1.37 bits per heavy atom. The van der Waals surface area contributed by atoms with Gasteiger partial charge in [-0.1, -0.05) is 12.1 Å². The quantitative estimate of drug-likeness (QED) is 0.644. The predicted octanol–water partition coefficient (Wildman–Crippen LogP) is 2.85. The lowest BCUT2D eigenvalue weighted by molar-refractivity contribution is 0.174. The highest BCUT2D eigenvalue weighted by molar-refractivity contribution is 7.80. The van der Waals surface area contributed by atoms with Crippen LogP contribution < -0.4 is 5.32 Å². The minimum atomic E-state index is 0.664. The van der Waals surface area contributed by atoms with Crippen molar-refractivity contribution in [3.63, 3.8) is 0 Å². The molecule has 19 heavy (non-hydrogen) atoms. The number of piperazine rings is 1. The fraction of sp³-hybridized carbons (Fsp3) is 0.571. The first kappa shape index (κ1) is 17.4. The third-order valence-electron chi connectivity index (χ3n) is 3.27. The maximum atomic E-state index is 4.20. The van der Waals surface area contributed by atoms with Crippen molar-refractivity contribution in [2.24, 2.45) is 0 Å². The van der Waals surface area contributed by atoms with E-state index in [0.717, 1.165) is 23.9 Å². The van der Waals surface area contributed by atoms with Crippen molar-refractivity contribution in [1.82, 2.24) is 10.2 Å². The van der Waals surface area contributed by atoms with Crippen LogP contribution in [-0.4, -0.2) is 36.4 Å². The molecule has 3 unspecified atom stereocenters. The number of thiol groups is 1. The molecule has 1 N–H and O–H groups in total. The van der Waals surface area contributed by atoms with Gasteiger partial charge in [0.05, 0.1) is 0 Å². The Morgan fingerprint density at radius 3 is 2.58 bits per heavy atom. The zero-order valence-corrected chi connectivity index (χ0v) is 15.0. The summed E-state index contributed by atoms with van der Waals surface area (Å²) >= 11 is 4.20. The van der Waals surface area contributed by atoms with E-state index in [0.29, 0.717) is 12.1 Å². The molecular formula is C14H26N2P2S. The lowest BCUT2D eigenvalue weighted by Gasteiger charge is -2.36. The van der Waals surface area contributed by atoms with Crippen LogP contribution in [0, 0.1) is 0 Å². The van der Waals surface area contributed by atoms with E-state index < -0.39 is 0 Å². The molecule has 0 radical (unpaired) electrons. The SMILES string of the molecule is CC1CN(CP)[C@H](C)CN1.PCc1cccc(S)c1. The summed E-state index contributed by atoms with van der Waals surface area (Å²) in [6.07, 6.45) is 2.11. The monoisotopic (exact) mass is 316 g/mol. The van der Waals surface area contributed by atoms with Gasteiger partial charge in [0.15, 0.2) is 0 Å². The molecule has 5 heteroatoms. The molecule has 1 aliphatic rings. The molecule has 0 amide bonds. The predicted molar refractivity (Wildman–Crippen MR) is 95.3 cm³/mol. The zero-order valence-electron chi connectivity index (χ0n) is 11.8. The Kier molecular flexibility index (Phi) is 8.53. The van der Waals surface area contributed by atoms with Gasteiger partial charge in [-0.3, -0.25) is 4.90 Å². The fourth-order valence-electron chi connectivity index (χ4n) is 2.04. The maximum absolute atomic E-state index is 4.20. The highest BCUT2D eigenvalue weighted by Crippen LogP contribution is 2.11. The second-order valence-electron chi connectivity index (χ2n) is 4.99. The molecule has 0 aromatic heterocycles. The standard InChI is InChI=1S/C7H17N2P.C7H9PS/c1-6-4-9(5-10)7(2)3-8-6;8-5-6-2-1-3-7(9)4-6/h6-8H,3-5,10H2,1-2H3;1-4,9H,5,8H2/t6?,7-;/m1./s1. The second kappa shape index (κ2) is 9.32. The summed E-state index contributed by atoms with van der Waals surface area (Å²) in [5.41, 5.74) is 1.31. The van der Waals surface area contributed by atoms with E-state index in [-0.39, 0.29) is 0 Å². The first-order valence-corrected chi connectivity index (χ1v) is 8.80. The lowest BCUT2D eigenvalue weighted by Crippen LogP contribution is -2.53. The van der Waals surface area contributed by atoms with Crippen LogP contribution in [0.15, 0.2) is 29.2 Å². The van der Waals surface area contributed by atoms with Crippen LogP contribution in [0.2, 0.25) is 0 Å². The molecule has 4 atom stereocenters. The van der Waals surface area contributed by atoms with Gasteiger partial charge in [0, 0.05) is 36.4 Å². The number of nitrogens with one attached hydrogen (secondary N) is 1. The van der Waals surface area contributed by atoms with Gasteiger partial charge in [-0.25, -0.2) is 0 Å². The van der Waals surface area contributed by atoms with Crippen LogP contribution in [0.25, 0.3) is 0 Å². The van der Waals surface area contributed by atoms with Crippen LogP contribution in [0.1, 0.15) is 19.4 Å². The first-order chi connectivity index (χ1) is 9.06. The Labute approximate surface area is 127 Å². The number of benzene rings is 1. The Bertz CT molecular complexity index is 376. The van der Waals surface area contributed by atoms with Gasteiger partial charge in [-0.15, -0.1) is 31.1 Å². The number of hydrogen-bond acceptors (Lipinski definition) is 3. The third-order valence-corrected chi connectivity index (χ3v) is 4.49. The van der Waals surface area contributed by atoms with Gasteiger partial charge >= 0.3 is 0 Å². The average molecular weight is 316 g/mol. The van der Waals surface area contributed by atoms with Crippen molar-refractivity contribution in [3.8, 4) is 0 Å². The molecule has 2 nitrogen and oxygen atoms in total. The van der Waals surface area contributed by atoms with E-state index in [1.54, 1.807) is 0 Å². The average Bonchev–Trinajstić information content (AvgIpc) is 2.42. The van der Waals surface area contributed by atoms with Crippen LogP contribution >= 0.6 is 31.1 Å². The fourth-order valence-corrected chi connectivity index (χ4v) is 3.05. The van der Waals surface area contributed by atoms with E-state index in [1.165, 1.54) is 12.1 Å². The molecule has 1 heterocycles. The first-order valence-electron chi connectivity index (χ1n) is 6.72. The van der Waals surface area contributed by atoms with Gasteiger partial charge in [0.1, 0.15) is 0 Å². The number of hydrogen-bond donors (Lipinski definition) is 2. The van der Waals surface area contributed by atoms with Crippen molar-refractivity contribution in [2.45, 2.75) is 37.0 Å². The Hall–Kier alpha value is 0.350. The van der Waals surface area contributed by atoms with Gasteiger partial charge in [0.2, 0.25) is 0 Å². The highest BCUT2D eigenvalue weighted by atomic mass is 32.1. The van der Waals surface area contributed by atoms with Crippen molar-refractivity contribution in [1.29, 1.82) is 0 Å². The van der Waals surface area contributed by atoms with Crippen molar-refractivity contribution >= 4 is 31.1 Å². The summed E-state index contributed by atoms with van der Waals surface area (Å²) in [6, 6.07) is 9.52. The summed E-state index contributed by atoms with van der Waals surface area (Å²) in [6.45, 7) is 6.82. The van der Waals surface area contributed by atoms with Crippen molar-refractivity contribution in [3.05, 3.63) is 29.8 Å². The molecule has 1 fully saturated rings. The summed E-state index contributed by atoms with van der Waals surface area (Å²) < 4.78 is 0. The van der Waals surface area contributed by atoms with Crippen LogP contribution in [0.5, 0.6) is 0 Å². The topological polar surface area (TPSA) is 15.3 Å². The molecule has 0 saturated carbocycles. The summed E-state index contributed by atoms with van der Waals surface area (Å²) in [4.78, 5) is 3.52. The molecule has 1 aromatic rings. The van der Waals surface area contributed by atoms with Crippen LogP contribution in [-0.2, 0) is 6.16 Å². The normalized spacial score (nSPS) is 23.6. The maximum Gasteiger partial charge on any atom is 0.0196 e. The van der Waals surface area contributed by atoms with E-state index in [9.17, 15) is 0 Å². The summed E-state index contributed by atoms with van der Waals surface area (Å²) in [5.74, 6) is 0. The molecule has 0 bridgehead atoms. The molecule has 1 saturated heterocycles. The smallest absolute Gasteiger partial charge is 0.0196 e. The molecule has 1 aromatic carbocycles. The minimum absolute atomic E-state index is 0.664. The molecule has 0 spiro atoms. The van der Waals surface area contributed by atoms with E-state index >= 15 is 0 Å². The number of nitrogens with zero attached hydrogens (tertiary/aromatic N) is 1. The largest absolute Gasteiger partial charge is 0.311 e.